The average molecular weight is 549 g/mol. The first kappa shape index (κ1) is 24.2. The van der Waals surface area contributed by atoms with E-state index in [4.69, 9.17) is 14.8 Å². The molecule has 1 aromatic carbocycles. The molecule has 172 valence electrons. The third-order valence-electron chi connectivity index (χ3n) is 5.63. The van der Waals surface area contributed by atoms with Gasteiger partial charge < -0.3 is 15.0 Å². The molecule has 4 rings (SSSR count). The van der Waals surface area contributed by atoms with Crippen LogP contribution >= 0.6 is 24.0 Å². The van der Waals surface area contributed by atoms with Gasteiger partial charge in [-0.25, -0.2) is 9.67 Å². The van der Waals surface area contributed by atoms with E-state index in [1.165, 1.54) is 0 Å². The number of nitrogens with zero attached hydrogens (tertiary/aromatic N) is 6. The zero-order valence-electron chi connectivity index (χ0n) is 19.2. The van der Waals surface area contributed by atoms with Gasteiger partial charge in [-0.15, -0.1) is 24.0 Å². The summed E-state index contributed by atoms with van der Waals surface area (Å²) in [5, 5.41) is 12.5. The van der Waals surface area contributed by atoms with Crippen molar-refractivity contribution in [2.75, 3.05) is 26.2 Å². The standard InChI is InChI=1S/C23H31N7O.HI/c1-5-24-23(29-11-12-31-22(16-29)19-13-26-28(4)15-19)25-14-21-17(2)27-30(18(21)3)20-9-7-6-8-10-20;/h6-10,13,15,22H,5,11-12,14,16H2,1-4H3,(H,24,25);1H. The first-order valence-electron chi connectivity index (χ1n) is 10.8. The lowest BCUT2D eigenvalue weighted by atomic mass is 10.1. The number of nitrogens with one attached hydrogen (secondary N) is 1. The van der Waals surface area contributed by atoms with Crippen molar-refractivity contribution in [3.8, 4) is 5.69 Å². The van der Waals surface area contributed by atoms with Gasteiger partial charge in [0.2, 0.25) is 0 Å². The van der Waals surface area contributed by atoms with Crippen LogP contribution in [0.3, 0.4) is 0 Å². The monoisotopic (exact) mass is 549 g/mol. The van der Waals surface area contributed by atoms with Gasteiger partial charge in [-0.05, 0) is 32.9 Å². The number of hydrogen-bond acceptors (Lipinski definition) is 4. The van der Waals surface area contributed by atoms with E-state index in [1.807, 2.05) is 47.0 Å². The van der Waals surface area contributed by atoms with Gasteiger partial charge in [0.15, 0.2) is 5.96 Å². The molecule has 1 aliphatic rings. The molecule has 0 radical (unpaired) electrons. The number of benzene rings is 1. The Morgan fingerprint density at radius 1 is 1.25 bits per heavy atom. The van der Waals surface area contributed by atoms with Gasteiger partial charge in [-0.3, -0.25) is 4.68 Å². The van der Waals surface area contributed by atoms with Crippen LogP contribution in [0.2, 0.25) is 0 Å². The number of aryl methyl sites for hydroxylation is 2. The third kappa shape index (κ3) is 5.32. The Kier molecular flexibility index (Phi) is 8.30. The molecular formula is C23H32IN7O. The number of guanidine groups is 1. The zero-order valence-corrected chi connectivity index (χ0v) is 21.5. The molecule has 3 aromatic rings. The normalized spacial score (nSPS) is 16.7. The van der Waals surface area contributed by atoms with E-state index in [0.717, 1.165) is 53.8 Å². The van der Waals surface area contributed by atoms with Gasteiger partial charge in [-0.1, -0.05) is 18.2 Å². The van der Waals surface area contributed by atoms with Crippen LogP contribution in [-0.4, -0.2) is 56.7 Å². The van der Waals surface area contributed by atoms with Crippen molar-refractivity contribution in [3.05, 3.63) is 65.2 Å². The predicted molar refractivity (Wildman–Crippen MR) is 137 cm³/mol. The molecule has 2 aromatic heterocycles. The van der Waals surface area contributed by atoms with Crippen molar-refractivity contribution >= 4 is 29.9 Å². The molecule has 0 aliphatic carbocycles. The Bertz CT molecular complexity index is 1040. The summed E-state index contributed by atoms with van der Waals surface area (Å²) in [6.07, 6.45) is 3.89. The molecule has 0 spiro atoms. The second kappa shape index (κ2) is 11.0. The van der Waals surface area contributed by atoms with Crippen LogP contribution in [0.5, 0.6) is 0 Å². The number of aromatic nitrogens is 4. The molecule has 0 saturated carbocycles. The first-order valence-corrected chi connectivity index (χ1v) is 10.8. The minimum atomic E-state index is -0.00407. The highest BCUT2D eigenvalue weighted by Gasteiger charge is 2.25. The summed E-state index contributed by atoms with van der Waals surface area (Å²) in [6.45, 7) is 9.88. The minimum absolute atomic E-state index is 0. The number of aliphatic imine (C=N–C) groups is 1. The second-order valence-corrected chi connectivity index (χ2v) is 7.82. The predicted octanol–water partition coefficient (Wildman–Crippen LogP) is 3.38. The Morgan fingerprint density at radius 3 is 2.72 bits per heavy atom. The van der Waals surface area contributed by atoms with E-state index >= 15 is 0 Å². The summed E-state index contributed by atoms with van der Waals surface area (Å²) in [4.78, 5) is 7.25. The highest BCUT2D eigenvalue weighted by atomic mass is 127. The third-order valence-corrected chi connectivity index (χ3v) is 5.63. The molecule has 1 N–H and O–H groups in total. The summed E-state index contributed by atoms with van der Waals surface area (Å²) in [6, 6.07) is 10.2. The van der Waals surface area contributed by atoms with Gasteiger partial charge in [0.1, 0.15) is 6.10 Å². The van der Waals surface area contributed by atoms with Crippen LogP contribution in [0.25, 0.3) is 5.69 Å². The Morgan fingerprint density at radius 2 is 2.03 bits per heavy atom. The van der Waals surface area contributed by atoms with Crippen LogP contribution in [0.1, 0.15) is 35.5 Å². The number of ether oxygens (including phenoxy) is 1. The fourth-order valence-corrected chi connectivity index (χ4v) is 3.95. The van der Waals surface area contributed by atoms with Gasteiger partial charge >= 0.3 is 0 Å². The summed E-state index contributed by atoms with van der Waals surface area (Å²) in [7, 11) is 1.93. The van der Waals surface area contributed by atoms with Gasteiger partial charge in [0.25, 0.3) is 0 Å². The molecule has 1 aliphatic heterocycles. The van der Waals surface area contributed by atoms with Crippen molar-refractivity contribution < 1.29 is 4.74 Å². The van der Waals surface area contributed by atoms with Crippen LogP contribution in [0.4, 0.5) is 0 Å². The molecule has 1 unspecified atom stereocenters. The van der Waals surface area contributed by atoms with E-state index in [2.05, 4.69) is 48.2 Å². The number of para-hydroxylation sites is 1. The SMILES string of the molecule is CCNC(=NCc1c(C)nn(-c2ccccc2)c1C)N1CCOC(c2cnn(C)c2)C1.I. The number of hydrogen-bond donors (Lipinski definition) is 1. The average Bonchev–Trinajstić information content (AvgIpc) is 3.35. The van der Waals surface area contributed by atoms with Crippen molar-refractivity contribution in [1.29, 1.82) is 0 Å². The molecule has 1 atom stereocenters. The smallest absolute Gasteiger partial charge is 0.194 e. The molecule has 0 bridgehead atoms. The van der Waals surface area contributed by atoms with E-state index < -0.39 is 0 Å². The largest absolute Gasteiger partial charge is 0.370 e. The Balaban J connectivity index is 0.00000289. The van der Waals surface area contributed by atoms with Crippen molar-refractivity contribution in [3.63, 3.8) is 0 Å². The summed E-state index contributed by atoms with van der Waals surface area (Å²) < 4.78 is 9.81. The topological polar surface area (TPSA) is 72.5 Å². The highest BCUT2D eigenvalue weighted by molar-refractivity contribution is 14.0. The lowest BCUT2D eigenvalue weighted by Gasteiger charge is -2.34. The lowest BCUT2D eigenvalue weighted by molar-refractivity contribution is -0.00805. The Labute approximate surface area is 206 Å². The summed E-state index contributed by atoms with van der Waals surface area (Å²) in [5.74, 6) is 0.908. The molecule has 8 nitrogen and oxygen atoms in total. The molecule has 1 fully saturated rings. The van der Waals surface area contributed by atoms with Gasteiger partial charge in [0, 0.05) is 43.2 Å². The fourth-order valence-electron chi connectivity index (χ4n) is 3.95. The van der Waals surface area contributed by atoms with Crippen LogP contribution in [0, 0.1) is 13.8 Å². The maximum atomic E-state index is 6.00. The minimum Gasteiger partial charge on any atom is -0.370 e. The molecular weight excluding hydrogens is 517 g/mol. The number of rotatable bonds is 5. The maximum absolute atomic E-state index is 6.00. The quantitative estimate of drug-likeness (QED) is 0.300. The van der Waals surface area contributed by atoms with Crippen molar-refractivity contribution in [1.82, 2.24) is 29.8 Å². The molecule has 3 heterocycles. The molecule has 9 heteroatoms. The van der Waals surface area contributed by atoms with Crippen molar-refractivity contribution in [2.24, 2.45) is 12.0 Å². The zero-order chi connectivity index (χ0) is 21.8. The van der Waals surface area contributed by atoms with Crippen molar-refractivity contribution in [2.45, 2.75) is 33.4 Å². The summed E-state index contributed by atoms with van der Waals surface area (Å²) in [5.41, 5.74) is 5.46. The van der Waals surface area contributed by atoms with Crippen LogP contribution in [0.15, 0.2) is 47.7 Å². The maximum Gasteiger partial charge on any atom is 0.194 e. The van der Waals surface area contributed by atoms with Crippen LogP contribution < -0.4 is 5.32 Å². The molecule has 32 heavy (non-hydrogen) atoms. The fraction of sp³-hybridized carbons (Fsp3) is 0.435. The van der Waals surface area contributed by atoms with Gasteiger partial charge in [0.05, 0.1) is 37.3 Å². The van der Waals surface area contributed by atoms with E-state index in [-0.39, 0.29) is 30.1 Å². The summed E-state index contributed by atoms with van der Waals surface area (Å²) >= 11 is 0. The van der Waals surface area contributed by atoms with E-state index in [0.29, 0.717) is 13.2 Å². The first-order chi connectivity index (χ1) is 15.1. The highest BCUT2D eigenvalue weighted by Crippen LogP contribution is 2.22. The lowest BCUT2D eigenvalue weighted by Crippen LogP contribution is -2.48. The van der Waals surface area contributed by atoms with Gasteiger partial charge in [-0.2, -0.15) is 10.2 Å². The number of morpholine rings is 1. The Hall–Kier alpha value is -2.40. The van der Waals surface area contributed by atoms with Crippen LogP contribution in [-0.2, 0) is 18.3 Å². The van der Waals surface area contributed by atoms with E-state index in [1.54, 1.807) is 0 Å². The molecule has 1 saturated heterocycles. The molecule has 0 amide bonds. The number of halogens is 1. The van der Waals surface area contributed by atoms with E-state index in [9.17, 15) is 0 Å². The second-order valence-electron chi connectivity index (χ2n) is 7.82.